The average molecular weight is 206 g/mol. The van der Waals surface area contributed by atoms with E-state index in [2.05, 4.69) is 13.0 Å². The molecule has 3 heteroatoms. The first-order valence-corrected chi connectivity index (χ1v) is 5.24. The Morgan fingerprint density at radius 3 is 2.67 bits per heavy atom. The van der Waals surface area contributed by atoms with Crippen LogP contribution < -0.4 is 10.5 Å². The molecule has 0 atom stereocenters. The molecule has 0 unspecified atom stereocenters. The predicted molar refractivity (Wildman–Crippen MR) is 62.6 cm³/mol. The fraction of sp³-hybridized carbons (Fsp3) is 0.417. The summed E-state index contributed by atoms with van der Waals surface area (Å²) in [5, 5.41) is 7.28. The van der Waals surface area contributed by atoms with Crippen LogP contribution in [0.2, 0.25) is 0 Å². The third-order valence-electron chi connectivity index (χ3n) is 2.22. The molecule has 0 aliphatic heterocycles. The average Bonchev–Trinajstić information content (AvgIpc) is 2.20. The Balaban J connectivity index is 2.97. The largest absolute Gasteiger partial charge is 0.494 e. The van der Waals surface area contributed by atoms with E-state index in [0.29, 0.717) is 13.0 Å². The monoisotopic (exact) mass is 206 g/mol. The zero-order chi connectivity index (χ0) is 11.3. The highest BCUT2D eigenvalue weighted by Crippen LogP contribution is 2.21. The van der Waals surface area contributed by atoms with Crippen LogP contribution in [0.3, 0.4) is 0 Å². The van der Waals surface area contributed by atoms with Crippen LogP contribution in [0.25, 0.3) is 0 Å². The lowest BCUT2D eigenvalue weighted by Gasteiger charge is -2.11. The van der Waals surface area contributed by atoms with Crippen molar-refractivity contribution in [1.29, 1.82) is 5.41 Å². The van der Waals surface area contributed by atoms with Gasteiger partial charge in [0.15, 0.2) is 0 Å². The van der Waals surface area contributed by atoms with Crippen LogP contribution in [0, 0.1) is 5.41 Å². The zero-order valence-electron chi connectivity index (χ0n) is 9.34. The molecule has 0 aromatic heterocycles. The van der Waals surface area contributed by atoms with Crippen molar-refractivity contribution in [1.82, 2.24) is 0 Å². The summed E-state index contributed by atoms with van der Waals surface area (Å²) >= 11 is 0. The Labute approximate surface area is 90.8 Å². The van der Waals surface area contributed by atoms with Gasteiger partial charge >= 0.3 is 0 Å². The van der Waals surface area contributed by atoms with Gasteiger partial charge < -0.3 is 10.5 Å². The SMILES string of the molecule is CCOc1cc(CC)ccc1CC(=N)N. The predicted octanol–water partition coefficient (Wildman–Crippen LogP) is 2.13. The smallest absolute Gasteiger partial charge is 0.123 e. The topological polar surface area (TPSA) is 59.1 Å². The Morgan fingerprint density at radius 2 is 2.13 bits per heavy atom. The summed E-state index contributed by atoms with van der Waals surface area (Å²) in [6.07, 6.45) is 1.44. The summed E-state index contributed by atoms with van der Waals surface area (Å²) in [5.41, 5.74) is 7.62. The van der Waals surface area contributed by atoms with Crippen molar-refractivity contribution in [3.05, 3.63) is 29.3 Å². The Morgan fingerprint density at radius 1 is 1.40 bits per heavy atom. The number of hydrogen-bond acceptors (Lipinski definition) is 2. The summed E-state index contributed by atoms with van der Waals surface area (Å²) < 4.78 is 5.53. The van der Waals surface area contributed by atoms with E-state index in [1.54, 1.807) is 0 Å². The van der Waals surface area contributed by atoms with E-state index in [-0.39, 0.29) is 5.84 Å². The molecule has 0 heterocycles. The highest BCUT2D eigenvalue weighted by atomic mass is 16.5. The van der Waals surface area contributed by atoms with Gasteiger partial charge in [-0.3, -0.25) is 5.41 Å². The fourth-order valence-corrected chi connectivity index (χ4v) is 1.46. The van der Waals surface area contributed by atoms with Crippen molar-refractivity contribution in [2.24, 2.45) is 5.73 Å². The molecule has 3 nitrogen and oxygen atoms in total. The minimum Gasteiger partial charge on any atom is -0.494 e. The number of nitrogens with one attached hydrogen (secondary N) is 1. The summed E-state index contributed by atoms with van der Waals surface area (Å²) in [7, 11) is 0. The normalized spacial score (nSPS) is 10.0. The van der Waals surface area contributed by atoms with Gasteiger partial charge in [-0.2, -0.15) is 0 Å². The van der Waals surface area contributed by atoms with Crippen LogP contribution in [0.15, 0.2) is 18.2 Å². The molecule has 3 N–H and O–H groups in total. The lowest BCUT2D eigenvalue weighted by atomic mass is 10.1. The van der Waals surface area contributed by atoms with Crippen LogP contribution >= 0.6 is 0 Å². The highest BCUT2D eigenvalue weighted by Gasteiger charge is 2.05. The third kappa shape index (κ3) is 3.27. The first-order valence-electron chi connectivity index (χ1n) is 5.24. The Hall–Kier alpha value is -1.51. The maximum absolute atomic E-state index is 7.28. The first kappa shape index (κ1) is 11.6. The molecule has 0 spiro atoms. The molecule has 82 valence electrons. The van der Waals surface area contributed by atoms with E-state index in [1.807, 2.05) is 19.1 Å². The standard InChI is InChI=1S/C12H18N2O/c1-3-9-5-6-10(8-12(13)14)11(7-9)15-4-2/h5-7H,3-4,8H2,1-2H3,(H3,13,14). The van der Waals surface area contributed by atoms with Crippen molar-refractivity contribution in [2.75, 3.05) is 6.61 Å². The van der Waals surface area contributed by atoms with Crippen molar-refractivity contribution < 1.29 is 4.74 Å². The Bertz CT molecular complexity index is 347. The third-order valence-corrected chi connectivity index (χ3v) is 2.22. The molecule has 1 aromatic carbocycles. The molecule has 0 amide bonds. The maximum atomic E-state index is 7.28. The summed E-state index contributed by atoms with van der Waals surface area (Å²) in [6, 6.07) is 6.08. The van der Waals surface area contributed by atoms with Crippen LogP contribution in [0.4, 0.5) is 0 Å². The second kappa shape index (κ2) is 5.39. The molecule has 0 radical (unpaired) electrons. The van der Waals surface area contributed by atoms with Gasteiger partial charge in [-0.1, -0.05) is 19.1 Å². The molecule has 0 bridgehead atoms. The van der Waals surface area contributed by atoms with Gasteiger partial charge in [-0.25, -0.2) is 0 Å². The molecule has 0 aliphatic rings. The van der Waals surface area contributed by atoms with Gasteiger partial charge in [-0.15, -0.1) is 0 Å². The van der Waals surface area contributed by atoms with Gasteiger partial charge in [0.1, 0.15) is 5.75 Å². The van der Waals surface area contributed by atoms with Crippen LogP contribution in [-0.2, 0) is 12.8 Å². The number of hydrogen-bond donors (Lipinski definition) is 2. The molecule has 0 saturated heterocycles. The van der Waals surface area contributed by atoms with Crippen molar-refractivity contribution in [3.8, 4) is 5.75 Å². The Kier molecular flexibility index (Phi) is 4.16. The van der Waals surface area contributed by atoms with E-state index in [1.165, 1.54) is 5.56 Å². The summed E-state index contributed by atoms with van der Waals surface area (Å²) in [4.78, 5) is 0. The van der Waals surface area contributed by atoms with Crippen LogP contribution in [0.5, 0.6) is 5.75 Å². The molecule has 0 aliphatic carbocycles. The van der Waals surface area contributed by atoms with E-state index in [9.17, 15) is 0 Å². The summed E-state index contributed by atoms with van der Waals surface area (Å²) in [6.45, 7) is 4.70. The van der Waals surface area contributed by atoms with Gasteiger partial charge in [0, 0.05) is 12.0 Å². The second-order valence-corrected chi connectivity index (χ2v) is 3.43. The van der Waals surface area contributed by atoms with E-state index < -0.39 is 0 Å². The lowest BCUT2D eigenvalue weighted by Crippen LogP contribution is -2.13. The summed E-state index contributed by atoms with van der Waals surface area (Å²) in [5.74, 6) is 1.02. The number of aryl methyl sites for hydroxylation is 1. The lowest BCUT2D eigenvalue weighted by molar-refractivity contribution is 0.337. The number of rotatable bonds is 5. The van der Waals surface area contributed by atoms with Crippen molar-refractivity contribution >= 4 is 5.84 Å². The number of ether oxygens (including phenoxy) is 1. The van der Waals surface area contributed by atoms with E-state index in [0.717, 1.165) is 17.7 Å². The maximum Gasteiger partial charge on any atom is 0.123 e. The molecular formula is C12H18N2O. The van der Waals surface area contributed by atoms with Crippen LogP contribution in [0.1, 0.15) is 25.0 Å². The van der Waals surface area contributed by atoms with E-state index in [4.69, 9.17) is 15.9 Å². The molecule has 0 saturated carbocycles. The minimum atomic E-state index is 0.167. The van der Waals surface area contributed by atoms with Gasteiger partial charge in [0.05, 0.1) is 12.4 Å². The van der Waals surface area contributed by atoms with Crippen LogP contribution in [-0.4, -0.2) is 12.4 Å². The number of nitrogens with two attached hydrogens (primary N) is 1. The molecule has 15 heavy (non-hydrogen) atoms. The highest BCUT2D eigenvalue weighted by molar-refractivity contribution is 5.80. The zero-order valence-corrected chi connectivity index (χ0v) is 9.34. The quantitative estimate of drug-likeness (QED) is 0.572. The number of amidine groups is 1. The van der Waals surface area contributed by atoms with Crippen molar-refractivity contribution in [3.63, 3.8) is 0 Å². The van der Waals surface area contributed by atoms with E-state index >= 15 is 0 Å². The molecule has 0 fully saturated rings. The molecule has 1 rings (SSSR count). The fourth-order valence-electron chi connectivity index (χ4n) is 1.46. The first-order chi connectivity index (χ1) is 7.17. The van der Waals surface area contributed by atoms with Gasteiger partial charge in [0.25, 0.3) is 0 Å². The molecular weight excluding hydrogens is 188 g/mol. The number of benzene rings is 1. The van der Waals surface area contributed by atoms with Gasteiger partial charge in [0.2, 0.25) is 0 Å². The van der Waals surface area contributed by atoms with Gasteiger partial charge in [-0.05, 0) is 25.0 Å². The van der Waals surface area contributed by atoms with Crippen molar-refractivity contribution in [2.45, 2.75) is 26.7 Å². The minimum absolute atomic E-state index is 0.167. The molecule has 1 aromatic rings. The second-order valence-electron chi connectivity index (χ2n) is 3.43.